The van der Waals surface area contributed by atoms with Gasteiger partial charge in [-0.2, -0.15) is 0 Å². The molecule has 1 aromatic heterocycles. The minimum Gasteiger partial charge on any atom is -0.355 e. The summed E-state index contributed by atoms with van der Waals surface area (Å²) in [7, 11) is -2.27. The van der Waals surface area contributed by atoms with E-state index in [1.54, 1.807) is 24.3 Å². The topological polar surface area (TPSA) is 117 Å². The molecule has 0 saturated heterocycles. The largest absolute Gasteiger partial charge is 0.355 e. The van der Waals surface area contributed by atoms with Crippen LogP contribution in [0.2, 0.25) is 0 Å². The van der Waals surface area contributed by atoms with E-state index in [1.807, 2.05) is 0 Å². The van der Waals surface area contributed by atoms with Crippen LogP contribution in [0.1, 0.15) is 20.7 Å². The van der Waals surface area contributed by atoms with Crippen molar-refractivity contribution in [3.63, 3.8) is 0 Å². The molecule has 0 fully saturated rings. The lowest BCUT2D eigenvalue weighted by atomic mass is 10.1. The van der Waals surface area contributed by atoms with Crippen LogP contribution in [0, 0.1) is 0 Å². The zero-order chi connectivity index (χ0) is 20.9. The molecule has 148 valence electrons. The molecule has 0 radical (unpaired) electrons. The second-order valence-corrected chi connectivity index (χ2v) is 7.66. The summed E-state index contributed by atoms with van der Waals surface area (Å²) in [4.78, 5) is 28.0. The van der Waals surface area contributed by atoms with Crippen LogP contribution >= 0.6 is 0 Å². The quantitative estimate of drug-likeness (QED) is 0.577. The van der Waals surface area contributed by atoms with Crippen molar-refractivity contribution in [2.75, 3.05) is 17.1 Å². The Balaban J connectivity index is 1.73. The van der Waals surface area contributed by atoms with E-state index in [-0.39, 0.29) is 16.4 Å². The van der Waals surface area contributed by atoms with Gasteiger partial charge >= 0.3 is 0 Å². The molecular weight excluding hydrogens is 392 g/mol. The van der Waals surface area contributed by atoms with Gasteiger partial charge in [0.25, 0.3) is 21.8 Å². The number of aromatic nitrogens is 1. The van der Waals surface area contributed by atoms with Crippen LogP contribution in [0.3, 0.4) is 0 Å². The standard InChI is InChI=1S/C20H18N4O4S/c1-21-19(25)15-3-2-4-17(13-15)23-20(26)14-5-7-18(8-6-14)29(27,28)24-16-9-11-22-12-10-16/h2-13H,1H3,(H,21,25)(H,22,24)(H,23,26). The average molecular weight is 410 g/mol. The highest BCUT2D eigenvalue weighted by Gasteiger charge is 2.15. The molecule has 3 rings (SSSR count). The SMILES string of the molecule is CNC(=O)c1cccc(NC(=O)c2ccc(S(=O)(=O)Nc3ccncc3)cc2)c1. The summed E-state index contributed by atoms with van der Waals surface area (Å²) in [6.07, 6.45) is 2.95. The second kappa shape index (κ2) is 8.53. The minimum absolute atomic E-state index is 0.0208. The molecule has 2 amide bonds. The molecule has 1 heterocycles. The van der Waals surface area contributed by atoms with Crippen molar-refractivity contribution in [2.45, 2.75) is 4.90 Å². The van der Waals surface area contributed by atoms with E-state index in [0.29, 0.717) is 16.9 Å². The van der Waals surface area contributed by atoms with Gasteiger partial charge in [0.05, 0.1) is 10.6 Å². The number of sulfonamides is 1. The van der Waals surface area contributed by atoms with Crippen LogP contribution in [-0.2, 0) is 10.0 Å². The molecule has 8 nitrogen and oxygen atoms in total. The van der Waals surface area contributed by atoms with Crippen LogP contribution in [0.4, 0.5) is 11.4 Å². The highest BCUT2D eigenvalue weighted by Crippen LogP contribution is 2.17. The monoisotopic (exact) mass is 410 g/mol. The molecule has 0 aliphatic carbocycles. The summed E-state index contributed by atoms with van der Waals surface area (Å²) in [5, 5.41) is 5.20. The van der Waals surface area contributed by atoms with Crippen molar-refractivity contribution in [2.24, 2.45) is 0 Å². The van der Waals surface area contributed by atoms with Gasteiger partial charge in [-0.25, -0.2) is 8.42 Å². The molecule has 0 bridgehead atoms. The first kappa shape index (κ1) is 20.0. The third-order valence-electron chi connectivity index (χ3n) is 3.97. The summed E-state index contributed by atoms with van der Waals surface area (Å²) in [6.45, 7) is 0. The van der Waals surface area contributed by atoms with E-state index in [9.17, 15) is 18.0 Å². The number of hydrogen-bond acceptors (Lipinski definition) is 5. The summed E-state index contributed by atoms with van der Waals surface area (Å²) in [5.41, 5.74) is 1.53. The van der Waals surface area contributed by atoms with Crippen molar-refractivity contribution in [1.29, 1.82) is 0 Å². The smallest absolute Gasteiger partial charge is 0.261 e. The first-order chi connectivity index (χ1) is 13.9. The van der Waals surface area contributed by atoms with Crippen LogP contribution in [0.25, 0.3) is 0 Å². The van der Waals surface area contributed by atoms with Gasteiger partial charge in [-0.15, -0.1) is 0 Å². The van der Waals surface area contributed by atoms with Gasteiger partial charge in [0.2, 0.25) is 0 Å². The molecule has 0 atom stereocenters. The Bertz CT molecular complexity index is 1130. The second-order valence-electron chi connectivity index (χ2n) is 5.98. The number of hydrogen-bond donors (Lipinski definition) is 3. The van der Waals surface area contributed by atoms with Crippen molar-refractivity contribution < 1.29 is 18.0 Å². The Kier molecular flexibility index (Phi) is 5.89. The third-order valence-corrected chi connectivity index (χ3v) is 5.37. The summed E-state index contributed by atoms with van der Waals surface area (Å²) in [5.74, 6) is -0.692. The van der Waals surface area contributed by atoms with Crippen molar-refractivity contribution in [1.82, 2.24) is 10.3 Å². The van der Waals surface area contributed by atoms with Crippen LogP contribution < -0.4 is 15.4 Å². The first-order valence-corrected chi connectivity index (χ1v) is 10.0. The van der Waals surface area contributed by atoms with E-state index in [2.05, 4.69) is 20.3 Å². The fourth-order valence-electron chi connectivity index (χ4n) is 2.51. The van der Waals surface area contributed by atoms with Crippen molar-refractivity contribution in [3.05, 3.63) is 84.2 Å². The van der Waals surface area contributed by atoms with E-state index in [0.717, 1.165) is 0 Å². The van der Waals surface area contributed by atoms with E-state index >= 15 is 0 Å². The maximum atomic E-state index is 12.4. The van der Waals surface area contributed by atoms with Crippen molar-refractivity contribution >= 4 is 33.2 Å². The highest BCUT2D eigenvalue weighted by atomic mass is 32.2. The molecule has 3 aromatic rings. The average Bonchev–Trinajstić information content (AvgIpc) is 2.74. The lowest BCUT2D eigenvalue weighted by Gasteiger charge is -2.09. The van der Waals surface area contributed by atoms with Gasteiger partial charge < -0.3 is 10.6 Å². The molecule has 3 N–H and O–H groups in total. The molecule has 2 aromatic carbocycles. The maximum Gasteiger partial charge on any atom is 0.261 e. The zero-order valence-electron chi connectivity index (χ0n) is 15.4. The molecule has 0 aliphatic rings. The summed E-state index contributed by atoms with van der Waals surface area (Å²) in [6, 6.07) is 15.1. The van der Waals surface area contributed by atoms with E-state index < -0.39 is 15.9 Å². The number of nitrogens with zero attached hydrogens (tertiary/aromatic N) is 1. The molecule has 0 unspecified atom stereocenters. The van der Waals surface area contributed by atoms with E-state index in [4.69, 9.17) is 0 Å². The normalized spacial score (nSPS) is 10.8. The Morgan fingerprint density at radius 3 is 2.17 bits per heavy atom. The first-order valence-electron chi connectivity index (χ1n) is 8.55. The molecule has 0 spiro atoms. The number of carbonyl (C=O) groups excluding carboxylic acids is 2. The number of nitrogens with one attached hydrogen (secondary N) is 3. The maximum absolute atomic E-state index is 12.4. The van der Waals surface area contributed by atoms with Gasteiger partial charge in [-0.3, -0.25) is 19.3 Å². The lowest BCUT2D eigenvalue weighted by molar-refractivity contribution is 0.0961. The fraction of sp³-hybridized carbons (Fsp3) is 0.0500. The Morgan fingerprint density at radius 1 is 0.828 bits per heavy atom. The van der Waals surface area contributed by atoms with Crippen molar-refractivity contribution in [3.8, 4) is 0 Å². The van der Waals surface area contributed by atoms with Crippen LogP contribution in [-0.4, -0.2) is 32.3 Å². The molecule has 0 saturated carbocycles. The molecular formula is C20H18N4O4S. The molecule has 29 heavy (non-hydrogen) atoms. The highest BCUT2D eigenvalue weighted by molar-refractivity contribution is 7.92. The zero-order valence-corrected chi connectivity index (χ0v) is 16.2. The minimum atomic E-state index is -3.79. The predicted octanol–water partition coefficient (Wildman–Crippen LogP) is 2.49. The van der Waals surface area contributed by atoms with Gasteiger partial charge in [0.1, 0.15) is 0 Å². The van der Waals surface area contributed by atoms with Gasteiger partial charge in [0, 0.05) is 36.3 Å². The number of rotatable bonds is 6. The Hall–Kier alpha value is -3.72. The van der Waals surface area contributed by atoms with Gasteiger partial charge in [-0.05, 0) is 54.6 Å². The van der Waals surface area contributed by atoms with Gasteiger partial charge in [-0.1, -0.05) is 6.07 Å². The number of anilines is 2. The number of carbonyl (C=O) groups is 2. The Labute approximate surface area is 168 Å². The summed E-state index contributed by atoms with van der Waals surface area (Å²) >= 11 is 0. The van der Waals surface area contributed by atoms with Gasteiger partial charge in [0.15, 0.2) is 0 Å². The lowest BCUT2D eigenvalue weighted by Crippen LogP contribution is -2.18. The summed E-state index contributed by atoms with van der Waals surface area (Å²) < 4.78 is 27.3. The van der Waals surface area contributed by atoms with E-state index in [1.165, 1.54) is 55.8 Å². The Morgan fingerprint density at radius 2 is 1.52 bits per heavy atom. The predicted molar refractivity (Wildman–Crippen MR) is 109 cm³/mol. The number of amides is 2. The third kappa shape index (κ3) is 4.96. The molecule has 9 heteroatoms. The molecule has 0 aliphatic heterocycles. The number of pyridine rings is 1. The number of benzene rings is 2. The fourth-order valence-corrected chi connectivity index (χ4v) is 3.56. The van der Waals surface area contributed by atoms with Crippen LogP contribution in [0.5, 0.6) is 0 Å². The van der Waals surface area contributed by atoms with Crippen LogP contribution in [0.15, 0.2) is 78.0 Å².